The predicted molar refractivity (Wildman–Crippen MR) is 125 cm³/mol. The fraction of sp³-hybridized carbons (Fsp3) is 0.652. The first kappa shape index (κ1) is 24.0. The van der Waals surface area contributed by atoms with Crippen molar-refractivity contribution in [2.75, 3.05) is 67.6 Å². The van der Waals surface area contributed by atoms with Gasteiger partial charge in [0.15, 0.2) is 17.5 Å². The predicted octanol–water partition coefficient (Wildman–Crippen LogP) is 1.42. The SMILES string of the molecule is CN=C(NCc1cc(OC)c(OC)cc1OC)N1CCN(C(C)C(=O)N2CCCC2)CC1. The number of aliphatic imine (C=N–C) groups is 1. The summed E-state index contributed by atoms with van der Waals surface area (Å²) in [6, 6.07) is 3.68. The van der Waals surface area contributed by atoms with Gasteiger partial charge in [0.05, 0.1) is 27.4 Å². The van der Waals surface area contributed by atoms with Crippen molar-refractivity contribution in [2.24, 2.45) is 4.99 Å². The highest BCUT2D eigenvalue weighted by Crippen LogP contribution is 2.34. The molecular formula is C23H37N5O4. The van der Waals surface area contributed by atoms with Gasteiger partial charge in [0, 0.05) is 64.5 Å². The molecule has 1 atom stereocenters. The summed E-state index contributed by atoms with van der Waals surface area (Å²) in [6.07, 6.45) is 2.25. The third kappa shape index (κ3) is 5.38. The van der Waals surface area contributed by atoms with E-state index in [4.69, 9.17) is 14.2 Å². The number of benzene rings is 1. The van der Waals surface area contributed by atoms with Crippen LogP contribution in [-0.2, 0) is 11.3 Å². The fourth-order valence-corrected chi connectivity index (χ4v) is 4.42. The van der Waals surface area contributed by atoms with Crippen LogP contribution in [0, 0.1) is 0 Å². The fourth-order valence-electron chi connectivity index (χ4n) is 4.42. The summed E-state index contributed by atoms with van der Waals surface area (Å²) in [5.74, 6) is 3.11. The van der Waals surface area contributed by atoms with Crippen LogP contribution in [0.15, 0.2) is 17.1 Å². The number of carbonyl (C=O) groups excluding carboxylic acids is 1. The van der Waals surface area contributed by atoms with Gasteiger partial charge >= 0.3 is 0 Å². The third-order valence-corrected chi connectivity index (χ3v) is 6.37. The van der Waals surface area contributed by atoms with Gasteiger partial charge in [-0.25, -0.2) is 0 Å². The van der Waals surface area contributed by atoms with E-state index in [2.05, 4.69) is 20.1 Å². The molecule has 0 aliphatic carbocycles. The van der Waals surface area contributed by atoms with Gasteiger partial charge < -0.3 is 29.3 Å². The van der Waals surface area contributed by atoms with Crippen molar-refractivity contribution >= 4 is 11.9 Å². The van der Waals surface area contributed by atoms with Crippen molar-refractivity contribution in [2.45, 2.75) is 32.4 Å². The van der Waals surface area contributed by atoms with Gasteiger partial charge in [-0.15, -0.1) is 0 Å². The Morgan fingerprint density at radius 1 is 0.938 bits per heavy atom. The number of nitrogens with zero attached hydrogens (tertiary/aromatic N) is 4. The lowest BCUT2D eigenvalue weighted by Gasteiger charge is -2.39. The Morgan fingerprint density at radius 3 is 2.09 bits per heavy atom. The normalized spacial score (nSPS) is 18.5. The maximum absolute atomic E-state index is 12.7. The monoisotopic (exact) mass is 447 g/mol. The average Bonchev–Trinajstić information content (AvgIpc) is 3.38. The van der Waals surface area contributed by atoms with E-state index in [-0.39, 0.29) is 11.9 Å². The largest absolute Gasteiger partial charge is 0.496 e. The first-order valence-electron chi connectivity index (χ1n) is 11.3. The lowest BCUT2D eigenvalue weighted by Crippen LogP contribution is -2.57. The van der Waals surface area contributed by atoms with E-state index in [0.717, 1.165) is 69.4 Å². The lowest BCUT2D eigenvalue weighted by molar-refractivity contribution is -0.135. The van der Waals surface area contributed by atoms with E-state index in [1.54, 1.807) is 28.4 Å². The zero-order valence-corrected chi connectivity index (χ0v) is 20.0. The Labute approximate surface area is 191 Å². The molecule has 1 aromatic rings. The summed E-state index contributed by atoms with van der Waals surface area (Å²) in [5, 5.41) is 3.44. The summed E-state index contributed by atoms with van der Waals surface area (Å²) >= 11 is 0. The van der Waals surface area contributed by atoms with Crippen molar-refractivity contribution < 1.29 is 19.0 Å². The van der Waals surface area contributed by atoms with Crippen molar-refractivity contribution in [3.05, 3.63) is 17.7 Å². The first-order valence-corrected chi connectivity index (χ1v) is 11.3. The molecule has 2 fully saturated rings. The number of hydrogen-bond acceptors (Lipinski definition) is 6. The van der Waals surface area contributed by atoms with Crippen LogP contribution in [0.1, 0.15) is 25.3 Å². The topological polar surface area (TPSA) is 78.9 Å². The Kier molecular flexibility index (Phi) is 8.44. The summed E-state index contributed by atoms with van der Waals surface area (Å²) in [5.41, 5.74) is 0.953. The molecule has 0 radical (unpaired) electrons. The number of amides is 1. The van der Waals surface area contributed by atoms with Crippen LogP contribution < -0.4 is 19.5 Å². The van der Waals surface area contributed by atoms with Crippen molar-refractivity contribution in [1.29, 1.82) is 0 Å². The molecule has 0 aromatic heterocycles. The summed E-state index contributed by atoms with van der Waals surface area (Å²) in [4.78, 5) is 23.7. The second kappa shape index (κ2) is 11.3. The van der Waals surface area contributed by atoms with E-state index in [1.807, 2.05) is 24.0 Å². The minimum Gasteiger partial charge on any atom is -0.496 e. The highest BCUT2D eigenvalue weighted by molar-refractivity contribution is 5.82. The molecular weight excluding hydrogens is 410 g/mol. The lowest BCUT2D eigenvalue weighted by atomic mass is 10.1. The molecule has 9 heteroatoms. The highest BCUT2D eigenvalue weighted by atomic mass is 16.5. The number of methoxy groups -OCH3 is 3. The minimum absolute atomic E-state index is 0.0683. The molecule has 1 aromatic carbocycles. The maximum Gasteiger partial charge on any atom is 0.239 e. The van der Waals surface area contributed by atoms with E-state index in [9.17, 15) is 4.79 Å². The third-order valence-electron chi connectivity index (χ3n) is 6.37. The molecule has 3 rings (SSSR count). The Bertz CT molecular complexity index is 802. The van der Waals surface area contributed by atoms with Crippen LogP contribution in [-0.4, -0.2) is 100 Å². The molecule has 2 aliphatic heterocycles. The molecule has 0 saturated carbocycles. The molecule has 178 valence electrons. The highest BCUT2D eigenvalue weighted by Gasteiger charge is 2.30. The second-order valence-corrected chi connectivity index (χ2v) is 8.15. The summed E-state index contributed by atoms with van der Waals surface area (Å²) in [7, 11) is 6.66. The van der Waals surface area contributed by atoms with Gasteiger partial charge in [0.2, 0.25) is 5.91 Å². The van der Waals surface area contributed by atoms with E-state index in [1.165, 1.54) is 0 Å². The Morgan fingerprint density at radius 2 is 1.53 bits per heavy atom. The van der Waals surface area contributed by atoms with Crippen LogP contribution >= 0.6 is 0 Å². The number of ether oxygens (including phenoxy) is 3. The van der Waals surface area contributed by atoms with Crippen LogP contribution in [0.4, 0.5) is 0 Å². The number of hydrogen-bond donors (Lipinski definition) is 1. The van der Waals surface area contributed by atoms with Crippen molar-refractivity contribution in [3.63, 3.8) is 0 Å². The molecule has 2 saturated heterocycles. The molecule has 2 heterocycles. The number of nitrogens with one attached hydrogen (secondary N) is 1. The molecule has 1 N–H and O–H groups in total. The first-order chi connectivity index (χ1) is 15.5. The number of likely N-dealkylation sites (tertiary alicyclic amines) is 1. The van der Waals surface area contributed by atoms with Gasteiger partial charge in [-0.3, -0.25) is 14.7 Å². The molecule has 9 nitrogen and oxygen atoms in total. The van der Waals surface area contributed by atoms with E-state index < -0.39 is 0 Å². The van der Waals surface area contributed by atoms with E-state index in [0.29, 0.717) is 18.0 Å². The van der Waals surface area contributed by atoms with Gasteiger partial charge in [0.1, 0.15) is 5.75 Å². The van der Waals surface area contributed by atoms with E-state index >= 15 is 0 Å². The number of guanidine groups is 1. The second-order valence-electron chi connectivity index (χ2n) is 8.15. The number of piperazine rings is 1. The zero-order valence-electron chi connectivity index (χ0n) is 20.0. The van der Waals surface area contributed by atoms with Gasteiger partial charge in [-0.1, -0.05) is 0 Å². The molecule has 1 unspecified atom stereocenters. The zero-order chi connectivity index (χ0) is 23.1. The van der Waals surface area contributed by atoms with Gasteiger partial charge in [-0.05, 0) is 25.8 Å². The summed E-state index contributed by atoms with van der Waals surface area (Å²) < 4.78 is 16.3. The van der Waals surface area contributed by atoms with Crippen LogP contribution in [0.2, 0.25) is 0 Å². The van der Waals surface area contributed by atoms with Crippen molar-refractivity contribution in [3.8, 4) is 17.2 Å². The van der Waals surface area contributed by atoms with Gasteiger partial charge in [0.25, 0.3) is 0 Å². The standard InChI is InChI=1S/C23H37N5O4/c1-17(22(29)27-8-6-7-9-27)26-10-12-28(13-11-26)23(24-2)25-16-18-14-20(31-4)21(32-5)15-19(18)30-3/h14-15,17H,6-13,16H2,1-5H3,(H,24,25). The number of rotatable bonds is 7. The molecule has 2 aliphatic rings. The van der Waals surface area contributed by atoms with Gasteiger partial charge in [-0.2, -0.15) is 0 Å². The van der Waals surface area contributed by atoms with Crippen LogP contribution in [0.3, 0.4) is 0 Å². The van der Waals surface area contributed by atoms with Crippen LogP contribution in [0.5, 0.6) is 17.2 Å². The Hall–Kier alpha value is -2.68. The molecule has 1 amide bonds. The Balaban J connectivity index is 1.57. The average molecular weight is 448 g/mol. The van der Waals surface area contributed by atoms with Crippen LogP contribution in [0.25, 0.3) is 0 Å². The maximum atomic E-state index is 12.7. The minimum atomic E-state index is -0.0683. The molecule has 32 heavy (non-hydrogen) atoms. The molecule has 0 spiro atoms. The smallest absolute Gasteiger partial charge is 0.239 e. The van der Waals surface area contributed by atoms with Crippen molar-refractivity contribution in [1.82, 2.24) is 20.0 Å². The summed E-state index contributed by atoms with van der Waals surface area (Å²) in [6.45, 7) is 7.69. The number of carbonyl (C=O) groups is 1. The quantitative estimate of drug-likeness (QED) is 0.500. The molecule has 0 bridgehead atoms.